The number of aromatic amines is 1. The van der Waals surface area contributed by atoms with Gasteiger partial charge >= 0.3 is 0 Å². The number of nitrogens with two attached hydrogens (primary N) is 1. The summed E-state index contributed by atoms with van der Waals surface area (Å²) in [5, 5.41) is 12.6. The molecule has 1 aliphatic heterocycles. The smallest absolute Gasteiger partial charge is 0.269 e. The number of aromatic nitrogens is 3. The number of hydrogen-bond donors (Lipinski definition) is 3. The monoisotopic (exact) mass is 385 g/mol. The molecule has 4 aromatic rings. The van der Waals surface area contributed by atoms with Crippen molar-refractivity contribution in [1.29, 1.82) is 0 Å². The van der Waals surface area contributed by atoms with E-state index in [1.165, 1.54) is 0 Å². The van der Waals surface area contributed by atoms with Gasteiger partial charge in [-0.15, -0.1) is 10.2 Å². The highest BCUT2D eigenvalue weighted by atomic mass is 16.5. The fourth-order valence-electron chi connectivity index (χ4n) is 3.84. The van der Waals surface area contributed by atoms with E-state index >= 15 is 0 Å². The number of fused-ring (bicyclic) bond motifs is 2. The number of H-pyrrole nitrogens is 1. The lowest BCUT2D eigenvalue weighted by atomic mass is 9.98. The van der Waals surface area contributed by atoms with Crippen LogP contribution >= 0.6 is 0 Å². The number of nitrogens with one attached hydrogen (secondary N) is 2. The number of para-hydroxylation sites is 1. The minimum absolute atomic E-state index is 0.125. The molecule has 0 saturated carbocycles. The molecule has 0 radical (unpaired) electrons. The summed E-state index contributed by atoms with van der Waals surface area (Å²) in [5.41, 5.74) is 10.9. The highest BCUT2D eigenvalue weighted by molar-refractivity contribution is 6.09. The van der Waals surface area contributed by atoms with Gasteiger partial charge in [-0.25, -0.2) is 0 Å². The van der Waals surface area contributed by atoms with Gasteiger partial charge in [0.05, 0.1) is 19.3 Å². The summed E-state index contributed by atoms with van der Waals surface area (Å²) in [7, 11) is 0. The quantitative estimate of drug-likeness (QED) is 0.488. The Kier molecular flexibility index (Phi) is 4.22. The molecule has 4 N–H and O–H groups in total. The number of carbonyl (C=O) groups excluding carboxylic acids is 1. The van der Waals surface area contributed by atoms with E-state index in [4.69, 9.17) is 10.5 Å². The SMILES string of the molecule is NC(=O)c1nnc2[nH]cc3c2c1-c1ccccc1NC3COCc1ccccc1. The Morgan fingerprint density at radius 2 is 1.86 bits per heavy atom. The number of ether oxygens (including phenoxy) is 1. The van der Waals surface area contributed by atoms with Crippen LogP contribution in [0, 0.1) is 0 Å². The molecule has 3 heterocycles. The maximum atomic E-state index is 12.1. The van der Waals surface area contributed by atoms with Crippen LogP contribution in [0.25, 0.3) is 22.2 Å². The van der Waals surface area contributed by atoms with Gasteiger partial charge in [0.2, 0.25) is 0 Å². The fourth-order valence-corrected chi connectivity index (χ4v) is 3.84. The highest BCUT2D eigenvalue weighted by Gasteiger charge is 2.29. The molecule has 0 aliphatic carbocycles. The Hall–Kier alpha value is -3.71. The fraction of sp³-hybridized carbons (Fsp3) is 0.136. The molecule has 2 aromatic carbocycles. The Bertz CT molecular complexity index is 1200. The topological polar surface area (TPSA) is 106 Å². The summed E-state index contributed by atoms with van der Waals surface area (Å²) in [6, 6.07) is 17.7. The van der Waals surface area contributed by atoms with Crippen molar-refractivity contribution in [2.24, 2.45) is 5.73 Å². The van der Waals surface area contributed by atoms with Gasteiger partial charge in [-0.2, -0.15) is 0 Å². The molecular formula is C22H19N5O2. The Morgan fingerprint density at radius 1 is 1.07 bits per heavy atom. The number of nitrogens with zero attached hydrogens (tertiary/aromatic N) is 2. The highest BCUT2D eigenvalue weighted by Crippen LogP contribution is 2.42. The van der Waals surface area contributed by atoms with Crippen molar-refractivity contribution < 1.29 is 9.53 Å². The van der Waals surface area contributed by atoms with Gasteiger partial charge in [-0.3, -0.25) is 4.79 Å². The largest absolute Gasteiger partial charge is 0.375 e. The molecule has 0 spiro atoms. The number of carbonyl (C=O) groups is 1. The Balaban J connectivity index is 1.58. The van der Waals surface area contributed by atoms with E-state index in [0.29, 0.717) is 24.4 Å². The summed E-state index contributed by atoms with van der Waals surface area (Å²) in [6.45, 7) is 0.964. The standard InChI is InChI=1S/C22H19N5O2/c23-21(28)20-18-14-8-4-5-9-16(14)25-17(12-29-11-13-6-2-1-3-7-13)15-10-24-22(19(15)18)27-26-20/h1-10,17,25H,11-12H2,(H2,23,28)(H,24,27). The van der Waals surface area contributed by atoms with E-state index in [9.17, 15) is 4.79 Å². The molecule has 144 valence electrons. The van der Waals surface area contributed by atoms with Crippen molar-refractivity contribution in [3.8, 4) is 11.1 Å². The maximum absolute atomic E-state index is 12.1. The first-order valence-electron chi connectivity index (χ1n) is 9.37. The Morgan fingerprint density at radius 3 is 2.69 bits per heavy atom. The summed E-state index contributed by atoms with van der Waals surface area (Å²) in [5.74, 6) is -0.602. The van der Waals surface area contributed by atoms with Crippen molar-refractivity contribution in [3.63, 3.8) is 0 Å². The molecule has 0 bridgehead atoms. The molecule has 1 amide bonds. The van der Waals surface area contributed by atoms with Crippen molar-refractivity contribution in [1.82, 2.24) is 15.2 Å². The molecule has 29 heavy (non-hydrogen) atoms. The van der Waals surface area contributed by atoms with E-state index in [2.05, 4.69) is 20.5 Å². The Labute approximate surface area is 166 Å². The molecule has 1 unspecified atom stereocenters. The van der Waals surface area contributed by atoms with Crippen LogP contribution in [0.4, 0.5) is 5.69 Å². The zero-order valence-electron chi connectivity index (χ0n) is 15.6. The van der Waals surface area contributed by atoms with Crippen molar-refractivity contribution in [2.75, 3.05) is 11.9 Å². The molecule has 7 nitrogen and oxygen atoms in total. The third-order valence-electron chi connectivity index (χ3n) is 5.16. The van der Waals surface area contributed by atoms with Gasteiger partial charge in [0.1, 0.15) is 0 Å². The van der Waals surface area contributed by atoms with Crippen LogP contribution in [0.15, 0.2) is 60.8 Å². The molecule has 1 atom stereocenters. The van der Waals surface area contributed by atoms with Crippen molar-refractivity contribution >= 4 is 22.6 Å². The lowest BCUT2D eigenvalue weighted by molar-refractivity contribution is 0.0995. The molecule has 7 heteroatoms. The average Bonchev–Trinajstić information content (AvgIpc) is 3.11. The van der Waals surface area contributed by atoms with Crippen LogP contribution in [0.5, 0.6) is 0 Å². The molecule has 2 aromatic heterocycles. The van der Waals surface area contributed by atoms with Crippen LogP contribution in [0.3, 0.4) is 0 Å². The summed E-state index contributed by atoms with van der Waals surface area (Å²) < 4.78 is 6.02. The zero-order valence-corrected chi connectivity index (χ0v) is 15.6. The minimum Gasteiger partial charge on any atom is -0.375 e. The van der Waals surface area contributed by atoms with Crippen molar-refractivity contribution in [3.05, 3.63) is 77.6 Å². The second-order valence-corrected chi connectivity index (χ2v) is 7.00. The lowest BCUT2D eigenvalue weighted by Crippen LogP contribution is -2.16. The van der Waals surface area contributed by atoms with Crippen LogP contribution in [0.1, 0.15) is 27.7 Å². The summed E-state index contributed by atoms with van der Waals surface area (Å²) in [6.07, 6.45) is 1.89. The van der Waals surface area contributed by atoms with Crippen LogP contribution in [-0.2, 0) is 11.3 Å². The van der Waals surface area contributed by atoms with Crippen LogP contribution in [0.2, 0.25) is 0 Å². The van der Waals surface area contributed by atoms with E-state index in [-0.39, 0.29) is 11.7 Å². The van der Waals surface area contributed by atoms with Gasteiger partial charge in [-0.1, -0.05) is 48.5 Å². The number of benzene rings is 2. The van der Waals surface area contributed by atoms with E-state index < -0.39 is 5.91 Å². The second kappa shape index (κ2) is 7.03. The first-order valence-corrected chi connectivity index (χ1v) is 9.37. The maximum Gasteiger partial charge on any atom is 0.269 e. The molecule has 5 rings (SSSR count). The third-order valence-corrected chi connectivity index (χ3v) is 5.16. The molecule has 0 saturated heterocycles. The van der Waals surface area contributed by atoms with E-state index in [1.807, 2.05) is 60.8 Å². The average molecular weight is 385 g/mol. The second-order valence-electron chi connectivity index (χ2n) is 7.00. The first-order chi connectivity index (χ1) is 14.2. The molecule has 1 aliphatic rings. The first kappa shape index (κ1) is 17.4. The van der Waals surface area contributed by atoms with E-state index in [0.717, 1.165) is 27.8 Å². The number of anilines is 1. The van der Waals surface area contributed by atoms with Gasteiger partial charge < -0.3 is 20.8 Å². The molecule has 0 fully saturated rings. The third kappa shape index (κ3) is 3.01. The van der Waals surface area contributed by atoms with Gasteiger partial charge in [0, 0.05) is 34.0 Å². The summed E-state index contributed by atoms with van der Waals surface area (Å²) >= 11 is 0. The predicted molar refractivity (Wildman–Crippen MR) is 110 cm³/mol. The summed E-state index contributed by atoms with van der Waals surface area (Å²) in [4.78, 5) is 15.2. The number of amides is 1. The van der Waals surface area contributed by atoms with Gasteiger partial charge in [0.15, 0.2) is 11.3 Å². The van der Waals surface area contributed by atoms with Crippen LogP contribution in [-0.4, -0.2) is 27.7 Å². The van der Waals surface area contributed by atoms with Crippen LogP contribution < -0.4 is 11.1 Å². The minimum atomic E-state index is -0.602. The van der Waals surface area contributed by atoms with Crippen molar-refractivity contribution in [2.45, 2.75) is 12.6 Å². The zero-order chi connectivity index (χ0) is 19.8. The van der Waals surface area contributed by atoms with E-state index in [1.54, 1.807) is 0 Å². The van der Waals surface area contributed by atoms with Gasteiger partial charge in [0.25, 0.3) is 5.91 Å². The van der Waals surface area contributed by atoms with Gasteiger partial charge in [-0.05, 0) is 11.6 Å². The predicted octanol–water partition coefficient (Wildman–Crippen LogP) is 3.41. The number of hydrogen-bond acceptors (Lipinski definition) is 5. The lowest BCUT2D eigenvalue weighted by Gasteiger charge is -2.19. The number of primary amides is 1. The number of rotatable bonds is 5. The normalized spacial score (nSPS) is 14.8. The molecular weight excluding hydrogens is 366 g/mol.